The number of benzene rings is 1. The molecule has 4 saturated carbocycles. The average molecular weight is 732 g/mol. The first-order chi connectivity index (χ1) is 24.8. The Morgan fingerprint density at radius 3 is 2.19 bits per heavy atom. The highest BCUT2D eigenvalue weighted by Gasteiger charge is 2.70. The highest BCUT2D eigenvalue weighted by atomic mass is 16.5. The van der Waals surface area contributed by atoms with Crippen LogP contribution in [-0.4, -0.2) is 49.9 Å². The molecule has 0 bridgehead atoms. The van der Waals surface area contributed by atoms with E-state index in [0.29, 0.717) is 19.3 Å². The van der Waals surface area contributed by atoms with Gasteiger partial charge in [-0.2, -0.15) is 0 Å². The fraction of sp³-hybridized carbons (Fsp3) is 0.705. The molecule has 5 aliphatic rings. The molecule has 9 heteroatoms. The van der Waals surface area contributed by atoms with Crippen LogP contribution < -0.4 is 5.32 Å². The van der Waals surface area contributed by atoms with Crippen molar-refractivity contribution in [2.24, 2.45) is 56.2 Å². The van der Waals surface area contributed by atoms with Gasteiger partial charge in [0, 0.05) is 11.8 Å². The lowest BCUT2D eigenvalue weighted by molar-refractivity contribution is -0.195. The van der Waals surface area contributed by atoms with Gasteiger partial charge in [-0.3, -0.25) is 19.2 Å². The number of carbonyl (C=O) groups excluding carboxylic acids is 5. The first-order valence-corrected chi connectivity index (χ1v) is 19.7. The van der Waals surface area contributed by atoms with E-state index in [1.54, 1.807) is 0 Å². The molecule has 0 heterocycles. The summed E-state index contributed by atoms with van der Waals surface area (Å²) in [6.07, 6.45) is 9.16. The summed E-state index contributed by atoms with van der Waals surface area (Å²) >= 11 is 0. The Morgan fingerprint density at radius 2 is 1.53 bits per heavy atom. The summed E-state index contributed by atoms with van der Waals surface area (Å²) in [7, 11) is 2.48. The smallest absolute Gasteiger partial charge is 0.328 e. The second-order valence-corrected chi connectivity index (χ2v) is 19.1. The lowest BCUT2D eigenvalue weighted by Gasteiger charge is -2.70. The molecule has 0 radical (unpaired) electrons. The van der Waals surface area contributed by atoms with Crippen LogP contribution in [0.4, 0.5) is 0 Å². The van der Waals surface area contributed by atoms with E-state index in [-0.39, 0.29) is 70.1 Å². The molecule has 290 valence electrons. The van der Waals surface area contributed by atoms with Crippen LogP contribution in [0.1, 0.15) is 118 Å². The summed E-state index contributed by atoms with van der Waals surface area (Å²) in [6.45, 7) is 16.0. The molecule has 1 amide bonds. The Balaban J connectivity index is 1.27. The summed E-state index contributed by atoms with van der Waals surface area (Å²) in [5, 5.41) is 2.82. The van der Waals surface area contributed by atoms with E-state index in [4.69, 9.17) is 14.2 Å². The molecule has 0 unspecified atom stereocenters. The predicted molar refractivity (Wildman–Crippen MR) is 200 cm³/mol. The van der Waals surface area contributed by atoms with Crippen molar-refractivity contribution in [1.29, 1.82) is 0 Å². The number of nitrogens with one attached hydrogen (secondary N) is 1. The first-order valence-electron chi connectivity index (χ1n) is 19.7. The van der Waals surface area contributed by atoms with Crippen molar-refractivity contribution in [3.8, 4) is 0 Å². The van der Waals surface area contributed by atoms with Crippen LogP contribution in [0, 0.1) is 56.2 Å². The second-order valence-electron chi connectivity index (χ2n) is 19.1. The normalized spacial score (nSPS) is 39.0. The molecule has 9 nitrogen and oxygen atoms in total. The number of rotatable bonds is 8. The minimum atomic E-state index is -1.13. The molecular weight excluding hydrogens is 670 g/mol. The van der Waals surface area contributed by atoms with E-state index in [9.17, 15) is 24.0 Å². The van der Waals surface area contributed by atoms with Crippen LogP contribution in [0.25, 0.3) is 0 Å². The third-order valence-corrected chi connectivity index (χ3v) is 16.0. The maximum absolute atomic E-state index is 14.9. The number of esters is 3. The van der Waals surface area contributed by atoms with Crippen LogP contribution in [-0.2, 0) is 44.8 Å². The molecule has 53 heavy (non-hydrogen) atoms. The van der Waals surface area contributed by atoms with E-state index in [1.165, 1.54) is 19.8 Å². The Bertz CT molecular complexity index is 1680. The van der Waals surface area contributed by atoms with Crippen molar-refractivity contribution < 1.29 is 38.2 Å². The van der Waals surface area contributed by atoms with Crippen molar-refractivity contribution in [1.82, 2.24) is 5.32 Å². The number of hydrogen-bond donors (Lipinski definition) is 1. The van der Waals surface area contributed by atoms with Crippen LogP contribution >= 0.6 is 0 Å². The van der Waals surface area contributed by atoms with Gasteiger partial charge >= 0.3 is 17.9 Å². The van der Waals surface area contributed by atoms with Gasteiger partial charge in [-0.15, -0.1) is 0 Å². The molecule has 6 rings (SSSR count). The van der Waals surface area contributed by atoms with Gasteiger partial charge in [0.15, 0.2) is 5.78 Å². The standard InChI is InChI=1S/C44H61NO8/c1-39(2)28(36(48)45-31(37(49)52-9)24-34(47)51-8)15-17-42(5)33(39)16-18-44(7)35(42)32(46)23-29-30-25-41(4,20-19-40(30,3)21-22-43(29,44)6)38(50)53-26-27-13-11-10-12-14-27/h10-14,23,28,30-31,33,35H,15-22,24-26H2,1-9H3,(H,45,48)/t28-,30+,31-,33+,35-,40-,41+,42+,43-,44-/m1/s1. The molecule has 1 aromatic rings. The molecule has 1 aromatic carbocycles. The fourth-order valence-corrected chi connectivity index (χ4v) is 12.6. The Hall–Kier alpha value is -3.49. The van der Waals surface area contributed by atoms with Gasteiger partial charge < -0.3 is 19.5 Å². The summed E-state index contributed by atoms with van der Waals surface area (Å²) in [5.74, 6) is -1.95. The Morgan fingerprint density at radius 1 is 0.849 bits per heavy atom. The fourth-order valence-electron chi connectivity index (χ4n) is 12.6. The molecule has 10 atom stereocenters. The summed E-state index contributed by atoms with van der Waals surface area (Å²) in [4.78, 5) is 67.2. The van der Waals surface area contributed by atoms with E-state index in [1.807, 2.05) is 36.4 Å². The van der Waals surface area contributed by atoms with Crippen LogP contribution in [0.15, 0.2) is 42.0 Å². The predicted octanol–water partition coefficient (Wildman–Crippen LogP) is 7.55. The topological polar surface area (TPSA) is 125 Å². The van der Waals surface area contributed by atoms with Gasteiger partial charge in [0.1, 0.15) is 12.6 Å². The zero-order chi connectivity index (χ0) is 38.8. The summed E-state index contributed by atoms with van der Waals surface area (Å²) < 4.78 is 15.6. The monoisotopic (exact) mass is 731 g/mol. The van der Waals surface area contributed by atoms with E-state index in [0.717, 1.165) is 44.1 Å². The number of ether oxygens (including phenoxy) is 3. The number of carbonyl (C=O) groups is 5. The number of allylic oxidation sites excluding steroid dienone is 2. The molecule has 5 aliphatic carbocycles. The zero-order valence-electron chi connectivity index (χ0n) is 33.4. The third kappa shape index (κ3) is 6.26. The molecule has 4 fully saturated rings. The number of fused-ring (bicyclic) bond motifs is 7. The molecule has 1 N–H and O–H groups in total. The molecule has 0 saturated heterocycles. The van der Waals surface area contributed by atoms with Crippen molar-refractivity contribution in [2.75, 3.05) is 14.2 Å². The molecular formula is C44H61NO8. The van der Waals surface area contributed by atoms with Crippen LogP contribution in [0.5, 0.6) is 0 Å². The Labute approximate surface area is 315 Å². The van der Waals surface area contributed by atoms with Crippen molar-refractivity contribution in [3.05, 3.63) is 47.5 Å². The van der Waals surface area contributed by atoms with Crippen molar-refractivity contribution in [3.63, 3.8) is 0 Å². The minimum Gasteiger partial charge on any atom is -0.469 e. The number of amides is 1. The highest BCUT2D eigenvalue weighted by Crippen LogP contribution is 2.75. The maximum atomic E-state index is 14.9. The second kappa shape index (κ2) is 13.7. The van der Waals surface area contributed by atoms with Gasteiger partial charge in [-0.1, -0.05) is 77.4 Å². The third-order valence-electron chi connectivity index (χ3n) is 16.0. The summed E-state index contributed by atoms with van der Waals surface area (Å²) in [5.41, 5.74) is 0.276. The highest BCUT2D eigenvalue weighted by molar-refractivity contribution is 5.96. The number of ketones is 1. The van der Waals surface area contributed by atoms with Gasteiger partial charge in [-0.25, -0.2) is 4.79 Å². The number of hydrogen-bond acceptors (Lipinski definition) is 8. The van der Waals surface area contributed by atoms with E-state index in [2.05, 4.69) is 53.8 Å². The molecule has 0 aromatic heterocycles. The average Bonchev–Trinajstić information content (AvgIpc) is 3.11. The maximum Gasteiger partial charge on any atom is 0.328 e. The van der Waals surface area contributed by atoms with E-state index < -0.39 is 34.7 Å². The lowest BCUT2D eigenvalue weighted by atomic mass is 9.33. The minimum absolute atomic E-state index is 0.0124. The quantitative estimate of drug-likeness (QED) is 0.215. The molecule has 0 spiro atoms. The van der Waals surface area contributed by atoms with Crippen molar-refractivity contribution >= 4 is 29.6 Å². The van der Waals surface area contributed by atoms with Gasteiger partial charge in [0.25, 0.3) is 0 Å². The molecule has 0 aliphatic heterocycles. The van der Waals surface area contributed by atoms with Gasteiger partial charge in [0.2, 0.25) is 5.91 Å². The van der Waals surface area contributed by atoms with Crippen LogP contribution in [0.2, 0.25) is 0 Å². The SMILES string of the molecule is COC(=O)C[C@@H](NC(=O)[C@H]1CC[C@]2(C)[C@H]3C(=O)C=C4[C@@H]5C[C@@](C)(C(=O)OCc6ccccc6)CC[C@]5(C)CC[C@@]4(C)[C@]3(C)CC[C@H]2C1(C)C)C(=O)OC. The number of methoxy groups -OCH3 is 2. The van der Waals surface area contributed by atoms with Gasteiger partial charge in [0.05, 0.1) is 26.1 Å². The first kappa shape index (κ1) is 39.2. The lowest BCUT2D eigenvalue weighted by Crippen LogP contribution is -2.66. The van der Waals surface area contributed by atoms with Crippen LogP contribution in [0.3, 0.4) is 0 Å². The van der Waals surface area contributed by atoms with E-state index >= 15 is 0 Å². The largest absolute Gasteiger partial charge is 0.469 e. The Kier molecular flexibility index (Phi) is 10.1. The van der Waals surface area contributed by atoms with Gasteiger partial charge in [-0.05, 0) is 115 Å². The zero-order valence-corrected chi connectivity index (χ0v) is 33.4. The van der Waals surface area contributed by atoms with Crippen molar-refractivity contribution in [2.45, 2.75) is 125 Å². The summed E-state index contributed by atoms with van der Waals surface area (Å²) in [6, 6.07) is 8.68.